The Morgan fingerprint density at radius 2 is 1.85 bits per heavy atom. The van der Waals surface area contributed by atoms with Gasteiger partial charge in [0, 0.05) is 30.8 Å². The van der Waals surface area contributed by atoms with Crippen molar-refractivity contribution in [2.45, 2.75) is 49.7 Å². The summed E-state index contributed by atoms with van der Waals surface area (Å²) in [5.74, 6) is -2.08. The van der Waals surface area contributed by atoms with E-state index in [-0.39, 0.29) is 91.7 Å². The topological polar surface area (TPSA) is 155 Å². The highest BCUT2D eigenvalue weighted by Crippen LogP contribution is 2.48. The van der Waals surface area contributed by atoms with Gasteiger partial charge in [-0.2, -0.15) is 0 Å². The summed E-state index contributed by atoms with van der Waals surface area (Å²) < 4.78 is 66.2. The van der Waals surface area contributed by atoms with Crippen LogP contribution < -0.4 is 29.4 Å². The molecule has 0 unspecified atom stereocenters. The van der Waals surface area contributed by atoms with Gasteiger partial charge in [0.05, 0.1) is 35.7 Å². The van der Waals surface area contributed by atoms with Gasteiger partial charge in [-0.1, -0.05) is 30.3 Å². The zero-order valence-electron chi connectivity index (χ0n) is 29.2. The van der Waals surface area contributed by atoms with Crippen LogP contribution in [-0.2, 0) is 16.1 Å². The number of benzene rings is 3. The lowest BCUT2D eigenvalue weighted by Crippen LogP contribution is -2.41. The van der Waals surface area contributed by atoms with Crippen molar-refractivity contribution in [3.05, 3.63) is 106 Å². The minimum atomic E-state index is -1.53. The molecule has 5 heterocycles. The Morgan fingerprint density at radius 1 is 1.02 bits per heavy atom. The van der Waals surface area contributed by atoms with Gasteiger partial charge in [0.15, 0.2) is 29.2 Å². The van der Waals surface area contributed by atoms with Crippen LogP contribution in [0.5, 0.6) is 17.4 Å². The number of aromatic nitrogens is 2. The Hall–Kier alpha value is -6.16. The molecule has 0 spiro atoms. The average molecular weight is 757 g/mol. The number of pyridine rings is 1. The molecule has 9 rings (SSSR count). The van der Waals surface area contributed by atoms with Crippen molar-refractivity contribution in [1.29, 1.82) is 0 Å². The number of esters is 1. The van der Waals surface area contributed by atoms with Crippen LogP contribution in [-0.4, -0.2) is 77.5 Å². The maximum absolute atomic E-state index is 16.2. The molecule has 4 aliphatic rings. The van der Waals surface area contributed by atoms with Gasteiger partial charge in [-0.3, -0.25) is 9.69 Å². The van der Waals surface area contributed by atoms with Gasteiger partial charge in [-0.25, -0.2) is 18.4 Å². The minimum absolute atomic E-state index is 0.00919. The van der Waals surface area contributed by atoms with Gasteiger partial charge in [0.2, 0.25) is 5.43 Å². The first-order chi connectivity index (χ1) is 26.6. The van der Waals surface area contributed by atoms with Crippen molar-refractivity contribution < 1.29 is 51.7 Å². The lowest BCUT2D eigenvalue weighted by Gasteiger charge is -2.34. The molecule has 2 aromatic heterocycles. The smallest absolute Gasteiger partial charge is 0.414 e. The van der Waals surface area contributed by atoms with Crippen LogP contribution in [0, 0.1) is 11.6 Å². The number of carbonyl (C=O) groups excluding carboxylic acids is 2. The molecule has 16 heteroatoms. The number of ether oxygens (including phenoxy) is 5. The number of hydrogen-bond acceptors (Lipinski definition) is 12. The lowest BCUT2D eigenvalue weighted by atomic mass is 10.0. The van der Waals surface area contributed by atoms with Gasteiger partial charge in [-0.05, 0) is 41.8 Å². The Morgan fingerprint density at radius 3 is 2.62 bits per heavy atom. The van der Waals surface area contributed by atoms with E-state index in [1.165, 1.54) is 35.6 Å². The highest BCUT2D eigenvalue weighted by atomic mass is 19.1. The third-order valence-electron chi connectivity index (χ3n) is 10.2. The number of carbonyl (C=O) groups is 2. The predicted molar refractivity (Wildman–Crippen MR) is 190 cm³/mol. The van der Waals surface area contributed by atoms with E-state index in [2.05, 4.69) is 5.16 Å². The number of nitrogens with zero attached hydrogens (tertiary/aromatic N) is 4. The molecule has 1 amide bonds. The summed E-state index contributed by atoms with van der Waals surface area (Å²) in [4.78, 5) is 42.4. The van der Waals surface area contributed by atoms with Gasteiger partial charge in [-0.15, -0.1) is 0 Å². The highest BCUT2D eigenvalue weighted by Gasteiger charge is 2.48. The van der Waals surface area contributed by atoms with Gasteiger partial charge in [0.25, 0.3) is 5.88 Å². The van der Waals surface area contributed by atoms with Crippen LogP contribution in [0.4, 0.5) is 25.0 Å². The lowest BCUT2D eigenvalue weighted by molar-refractivity contribution is 0.00980. The van der Waals surface area contributed by atoms with Gasteiger partial charge in [0.1, 0.15) is 49.5 Å². The molecule has 14 nitrogen and oxygen atoms in total. The van der Waals surface area contributed by atoms with E-state index < -0.39 is 46.9 Å². The second-order valence-electron chi connectivity index (χ2n) is 14.2. The number of hydrogen-bond donors (Lipinski definition) is 1. The first kappa shape index (κ1) is 34.6. The van der Waals surface area contributed by atoms with Crippen LogP contribution in [0.25, 0.3) is 10.9 Å². The summed E-state index contributed by atoms with van der Waals surface area (Å²) in [5, 5.41) is 15.3. The molecule has 3 atom stereocenters. The zero-order valence-corrected chi connectivity index (χ0v) is 29.2. The van der Waals surface area contributed by atoms with Crippen molar-refractivity contribution in [1.82, 2.24) is 9.72 Å². The normalized spacial score (nSPS) is 21.5. The number of amides is 1. The first-order valence-corrected chi connectivity index (χ1v) is 17.8. The summed E-state index contributed by atoms with van der Waals surface area (Å²) in [6.45, 7) is -0.200. The Labute approximate surface area is 311 Å². The molecule has 1 aliphatic carbocycles. The summed E-state index contributed by atoms with van der Waals surface area (Å²) in [6, 6.07) is 15.2. The van der Waals surface area contributed by atoms with Crippen molar-refractivity contribution in [3.63, 3.8) is 0 Å². The number of fused-ring (bicyclic) bond motifs is 5. The van der Waals surface area contributed by atoms with Crippen LogP contribution in [0.2, 0.25) is 0 Å². The molecule has 55 heavy (non-hydrogen) atoms. The first-order valence-electron chi connectivity index (χ1n) is 17.8. The summed E-state index contributed by atoms with van der Waals surface area (Å²) in [6.07, 6.45) is 3.25. The van der Waals surface area contributed by atoms with E-state index in [9.17, 15) is 19.5 Å². The SMILES string of the molecule is O=C(OCc1ccccc1)c1cn(C2CC2)c2c3c(c(F)cc2c1=O)N1C[C@](O)(COc2ccc(N4C[C@H](COc5ccon5)OC4=O)cc2F)C[C@H]1CO3. The Kier molecular flexibility index (Phi) is 8.56. The van der Waals surface area contributed by atoms with Crippen LogP contribution >= 0.6 is 0 Å². The minimum Gasteiger partial charge on any atom is -0.487 e. The molecule has 284 valence electrons. The van der Waals surface area contributed by atoms with Crippen LogP contribution in [0.1, 0.15) is 41.2 Å². The molecular formula is C39H34F2N4O10. The molecule has 0 radical (unpaired) electrons. The number of halogens is 2. The fraction of sp³-hybridized carbons (Fsp3) is 0.333. The second kappa shape index (κ2) is 13.6. The molecule has 1 saturated carbocycles. The number of cyclic esters (lactones) is 1. The van der Waals surface area contributed by atoms with Crippen molar-refractivity contribution in [3.8, 4) is 17.4 Å². The molecule has 1 N–H and O–H groups in total. The maximum Gasteiger partial charge on any atom is 0.414 e. The fourth-order valence-electron chi connectivity index (χ4n) is 7.45. The molecular weight excluding hydrogens is 722 g/mol. The van der Waals surface area contributed by atoms with Gasteiger partial charge >= 0.3 is 12.1 Å². The standard InChI is InChI=1S/C39H34F2N4O10/c40-29-12-24(44-15-26(55-38(44)48)19-50-32-10-11-54-42-32)8-9-31(29)53-21-39(49)14-25-18-51-36-33-27(13-30(41)34(36)45(25)20-39)35(46)28(16-43(33)23-6-7-23)37(47)52-17-22-4-2-1-3-5-22/h1-5,8-13,16,23,25-26,49H,6-7,14-15,17-21H2/t25-,26+,39-/m0/s1. The third-order valence-corrected chi connectivity index (χ3v) is 10.2. The van der Waals surface area contributed by atoms with Crippen LogP contribution in [0.3, 0.4) is 0 Å². The van der Waals surface area contributed by atoms with E-state index in [0.29, 0.717) is 5.52 Å². The predicted octanol–water partition coefficient (Wildman–Crippen LogP) is 5.15. The van der Waals surface area contributed by atoms with E-state index in [4.69, 9.17) is 28.2 Å². The fourth-order valence-corrected chi connectivity index (χ4v) is 7.45. The third kappa shape index (κ3) is 6.55. The van der Waals surface area contributed by atoms with Crippen molar-refractivity contribution in [2.24, 2.45) is 0 Å². The number of aliphatic hydroxyl groups is 1. The molecule has 5 aromatic rings. The average Bonchev–Trinajstić information content (AvgIpc) is 3.57. The molecule has 3 aliphatic heterocycles. The quantitative estimate of drug-likeness (QED) is 0.177. The largest absolute Gasteiger partial charge is 0.487 e. The van der Waals surface area contributed by atoms with E-state index in [0.717, 1.165) is 30.5 Å². The van der Waals surface area contributed by atoms with Crippen molar-refractivity contribution >= 4 is 34.3 Å². The summed E-state index contributed by atoms with van der Waals surface area (Å²) in [7, 11) is 0. The Bertz CT molecular complexity index is 2350. The molecule has 3 aromatic carbocycles. The van der Waals surface area contributed by atoms with E-state index in [1.54, 1.807) is 21.6 Å². The summed E-state index contributed by atoms with van der Waals surface area (Å²) >= 11 is 0. The zero-order chi connectivity index (χ0) is 37.8. The monoisotopic (exact) mass is 756 g/mol. The molecule has 2 saturated heterocycles. The van der Waals surface area contributed by atoms with Gasteiger partial charge < -0.3 is 42.8 Å². The number of rotatable bonds is 11. The second-order valence-corrected chi connectivity index (χ2v) is 14.2. The highest BCUT2D eigenvalue weighted by molar-refractivity contribution is 5.98. The summed E-state index contributed by atoms with van der Waals surface area (Å²) in [5.41, 5.74) is -0.941. The molecule has 0 bridgehead atoms. The van der Waals surface area contributed by atoms with Crippen molar-refractivity contribution in [2.75, 3.05) is 42.7 Å². The Balaban J connectivity index is 0.910. The van der Waals surface area contributed by atoms with E-state index in [1.807, 2.05) is 18.2 Å². The van der Waals surface area contributed by atoms with E-state index >= 15 is 8.78 Å². The maximum atomic E-state index is 16.2. The van der Waals surface area contributed by atoms with Crippen LogP contribution in [0.15, 0.2) is 82.4 Å². The number of anilines is 2. The molecule has 3 fully saturated rings.